The first-order valence-electron chi connectivity index (χ1n) is 7.56. The molecule has 24 heavy (non-hydrogen) atoms. The number of alkyl halides is 3. The van der Waals surface area contributed by atoms with E-state index in [4.69, 9.17) is 0 Å². The Kier molecular flexibility index (Phi) is 6.39. The van der Waals surface area contributed by atoms with Gasteiger partial charge in [-0.15, -0.1) is 10.2 Å². The van der Waals surface area contributed by atoms with Crippen molar-refractivity contribution in [2.45, 2.75) is 19.5 Å². The quantitative estimate of drug-likeness (QED) is 0.785. The smallest absolute Gasteiger partial charge is 0.345 e. The van der Waals surface area contributed by atoms with Crippen LogP contribution in [0.4, 0.5) is 18.3 Å². The molecule has 0 aliphatic carbocycles. The number of sulfonamides is 1. The van der Waals surface area contributed by atoms with Crippen molar-refractivity contribution in [3.8, 4) is 0 Å². The predicted octanol–water partition coefficient (Wildman–Crippen LogP) is 1.01. The minimum Gasteiger partial charge on any atom is -0.345 e. The van der Waals surface area contributed by atoms with Crippen molar-refractivity contribution >= 4 is 26.5 Å². The lowest BCUT2D eigenvalue weighted by atomic mass is 10.4. The van der Waals surface area contributed by atoms with E-state index in [0.29, 0.717) is 44.1 Å². The molecule has 7 nitrogen and oxygen atoms in total. The van der Waals surface area contributed by atoms with Gasteiger partial charge in [0.05, 0.1) is 5.75 Å². The third-order valence-corrected chi connectivity index (χ3v) is 6.08. The molecular formula is C12H20F3N5O2S2. The molecule has 0 aromatic carbocycles. The van der Waals surface area contributed by atoms with Crippen LogP contribution in [0.25, 0.3) is 0 Å². The number of nitrogens with one attached hydrogen (secondary N) is 1. The molecule has 1 aromatic rings. The van der Waals surface area contributed by atoms with Crippen LogP contribution in [-0.4, -0.2) is 68.5 Å². The maximum atomic E-state index is 12.6. The standard InChI is InChI=1S/C12H20F3N5O2S2/c1-2-24(21,22)16-4-7-19-5-3-6-20(9-8-19)11-18-17-10(23-11)12(13,14)15/h16H,2-9H2,1H3. The zero-order valence-electron chi connectivity index (χ0n) is 13.2. The predicted molar refractivity (Wildman–Crippen MR) is 85.6 cm³/mol. The Morgan fingerprint density at radius 2 is 1.96 bits per heavy atom. The normalized spacial score (nSPS) is 17.9. The van der Waals surface area contributed by atoms with Gasteiger partial charge in [0.2, 0.25) is 20.2 Å². The fraction of sp³-hybridized carbons (Fsp3) is 0.833. The highest BCUT2D eigenvalue weighted by Gasteiger charge is 2.36. The van der Waals surface area contributed by atoms with Crippen LogP contribution in [0, 0.1) is 0 Å². The number of rotatable bonds is 6. The van der Waals surface area contributed by atoms with Crippen molar-refractivity contribution in [1.29, 1.82) is 0 Å². The van der Waals surface area contributed by atoms with E-state index in [1.54, 1.807) is 11.8 Å². The number of aromatic nitrogens is 2. The van der Waals surface area contributed by atoms with Gasteiger partial charge >= 0.3 is 6.18 Å². The van der Waals surface area contributed by atoms with Crippen LogP contribution in [0.1, 0.15) is 18.4 Å². The van der Waals surface area contributed by atoms with Gasteiger partial charge in [0.25, 0.3) is 0 Å². The fourth-order valence-electron chi connectivity index (χ4n) is 2.30. The van der Waals surface area contributed by atoms with Gasteiger partial charge in [-0.25, -0.2) is 13.1 Å². The zero-order valence-corrected chi connectivity index (χ0v) is 14.8. The minimum atomic E-state index is -4.47. The number of hydrogen-bond acceptors (Lipinski definition) is 7. The van der Waals surface area contributed by atoms with E-state index in [1.165, 1.54) is 0 Å². The lowest BCUT2D eigenvalue weighted by Gasteiger charge is -2.21. The van der Waals surface area contributed by atoms with Gasteiger partial charge in [0.1, 0.15) is 0 Å². The molecule has 2 rings (SSSR count). The highest BCUT2D eigenvalue weighted by Crippen LogP contribution is 2.34. The summed E-state index contributed by atoms with van der Waals surface area (Å²) in [6.07, 6.45) is -3.70. The average Bonchev–Trinajstić information content (AvgIpc) is 2.89. The second-order valence-corrected chi connectivity index (χ2v) is 8.42. The van der Waals surface area contributed by atoms with Crippen LogP contribution in [0.2, 0.25) is 0 Å². The van der Waals surface area contributed by atoms with Crippen molar-refractivity contribution in [3.05, 3.63) is 5.01 Å². The van der Waals surface area contributed by atoms with Gasteiger partial charge < -0.3 is 9.80 Å². The van der Waals surface area contributed by atoms with E-state index < -0.39 is 21.2 Å². The molecule has 0 atom stereocenters. The summed E-state index contributed by atoms with van der Waals surface area (Å²) in [6.45, 7) is 4.99. The molecule has 138 valence electrons. The summed E-state index contributed by atoms with van der Waals surface area (Å²) in [5.41, 5.74) is 0. The van der Waals surface area contributed by atoms with Crippen LogP contribution >= 0.6 is 11.3 Å². The summed E-state index contributed by atoms with van der Waals surface area (Å²) in [7, 11) is -3.20. The molecule has 0 spiro atoms. The van der Waals surface area contributed by atoms with Crippen molar-refractivity contribution in [3.63, 3.8) is 0 Å². The summed E-state index contributed by atoms with van der Waals surface area (Å²) >= 11 is 0.550. The van der Waals surface area contributed by atoms with Gasteiger partial charge in [0, 0.05) is 32.7 Å². The topological polar surface area (TPSA) is 78.4 Å². The van der Waals surface area contributed by atoms with E-state index in [1.807, 2.05) is 0 Å². The van der Waals surface area contributed by atoms with Crippen LogP contribution in [0.3, 0.4) is 0 Å². The van der Waals surface area contributed by atoms with Crippen LogP contribution in [-0.2, 0) is 16.2 Å². The Morgan fingerprint density at radius 3 is 2.58 bits per heavy atom. The first kappa shape index (κ1) is 19.3. The van der Waals surface area contributed by atoms with E-state index in [2.05, 4.69) is 19.8 Å². The number of nitrogens with zero attached hydrogens (tertiary/aromatic N) is 4. The molecule has 1 N–H and O–H groups in total. The molecule has 0 saturated carbocycles. The Balaban J connectivity index is 1.85. The molecule has 0 unspecified atom stereocenters. The molecule has 1 aliphatic rings. The lowest BCUT2D eigenvalue weighted by molar-refractivity contribution is -0.138. The maximum absolute atomic E-state index is 12.6. The van der Waals surface area contributed by atoms with Crippen molar-refractivity contribution < 1.29 is 21.6 Å². The zero-order chi connectivity index (χ0) is 17.8. The monoisotopic (exact) mass is 387 g/mol. The van der Waals surface area contributed by atoms with E-state index in [0.717, 1.165) is 13.0 Å². The molecule has 12 heteroatoms. The fourth-order valence-corrected chi connectivity index (χ4v) is 3.68. The Morgan fingerprint density at radius 1 is 1.21 bits per heavy atom. The molecule has 1 aromatic heterocycles. The summed E-state index contributed by atoms with van der Waals surface area (Å²) < 4.78 is 63.1. The Labute approximate surface area is 142 Å². The van der Waals surface area contributed by atoms with Crippen molar-refractivity contribution in [2.24, 2.45) is 0 Å². The second-order valence-electron chi connectivity index (χ2n) is 5.37. The number of anilines is 1. The minimum absolute atomic E-state index is 0.0410. The number of halogens is 3. The van der Waals surface area contributed by atoms with Crippen LogP contribution in [0.15, 0.2) is 0 Å². The van der Waals surface area contributed by atoms with Gasteiger partial charge in [0.15, 0.2) is 0 Å². The lowest BCUT2D eigenvalue weighted by Crippen LogP contribution is -2.37. The van der Waals surface area contributed by atoms with Crippen molar-refractivity contribution in [2.75, 3.05) is 49.9 Å². The molecule has 1 fully saturated rings. The molecule has 0 bridgehead atoms. The third-order valence-electron chi connectivity index (χ3n) is 3.65. The molecular weight excluding hydrogens is 367 g/mol. The van der Waals surface area contributed by atoms with E-state index in [-0.39, 0.29) is 10.9 Å². The SMILES string of the molecule is CCS(=O)(=O)NCCN1CCCN(c2nnc(C(F)(F)F)s2)CC1. The highest BCUT2D eigenvalue weighted by atomic mass is 32.2. The molecule has 1 aliphatic heterocycles. The summed E-state index contributed by atoms with van der Waals surface area (Å²) in [5.74, 6) is 0.0410. The van der Waals surface area contributed by atoms with E-state index in [9.17, 15) is 21.6 Å². The largest absolute Gasteiger partial charge is 0.445 e. The second kappa shape index (κ2) is 7.93. The van der Waals surface area contributed by atoms with Crippen LogP contribution in [0.5, 0.6) is 0 Å². The third kappa shape index (κ3) is 5.53. The molecule has 0 amide bonds. The summed E-state index contributed by atoms with van der Waals surface area (Å²) in [5, 5.41) is 6.19. The summed E-state index contributed by atoms with van der Waals surface area (Å²) in [6, 6.07) is 0. The summed E-state index contributed by atoms with van der Waals surface area (Å²) in [4.78, 5) is 3.88. The van der Waals surface area contributed by atoms with Gasteiger partial charge in [-0.1, -0.05) is 11.3 Å². The highest BCUT2D eigenvalue weighted by molar-refractivity contribution is 7.89. The maximum Gasteiger partial charge on any atom is 0.445 e. The van der Waals surface area contributed by atoms with Gasteiger partial charge in [-0.05, 0) is 19.9 Å². The molecule has 2 heterocycles. The Bertz CT molecular complexity index is 635. The molecule has 0 radical (unpaired) electrons. The van der Waals surface area contributed by atoms with Gasteiger partial charge in [-0.3, -0.25) is 0 Å². The Hall–Kier alpha value is -0.980. The molecule has 1 saturated heterocycles. The van der Waals surface area contributed by atoms with Crippen molar-refractivity contribution in [1.82, 2.24) is 19.8 Å². The average molecular weight is 387 g/mol. The van der Waals surface area contributed by atoms with E-state index >= 15 is 0 Å². The first-order valence-corrected chi connectivity index (χ1v) is 10.0. The van der Waals surface area contributed by atoms with Crippen LogP contribution < -0.4 is 9.62 Å². The first-order chi connectivity index (χ1) is 11.2. The number of hydrogen-bond donors (Lipinski definition) is 1. The van der Waals surface area contributed by atoms with Gasteiger partial charge in [-0.2, -0.15) is 13.2 Å².